The maximum atomic E-state index is 13.5. The summed E-state index contributed by atoms with van der Waals surface area (Å²) in [5.74, 6) is 0.717. The Balaban J connectivity index is 1.48. The molecule has 1 N–H and O–H groups in total. The number of piperidine rings is 2. The molecule has 1 aromatic rings. The summed E-state index contributed by atoms with van der Waals surface area (Å²) in [4.78, 5) is 45.1. The fourth-order valence-corrected chi connectivity index (χ4v) is 6.01. The third-order valence-electron chi connectivity index (χ3n) is 7.91. The molecular formula is C27H40N4O7. The summed E-state index contributed by atoms with van der Waals surface area (Å²) in [6.45, 7) is 3.76. The third kappa shape index (κ3) is 5.83. The van der Waals surface area contributed by atoms with Gasteiger partial charge in [0.2, 0.25) is 11.7 Å². The standard InChI is InChI=1S/C27H40N4O7/c1-35-13-12-30(17-18-8-7-11-29-10-6-5-9-21(18)29)24(32)16-20-26(33)31(27(34)28-20)19-14-22(36-2)25(38-4)23(15-19)37-3/h14-15,18,20-21H,5-13,16-17H2,1-4H3,(H,28,34)/t18-,20+,21+/m0/s1. The number of benzene rings is 1. The lowest BCUT2D eigenvalue weighted by Gasteiger charge is -2.45. The molecule has 0 spiro atoms. The Kier molecular flexibility index (Phi) is 9.32. The van der Waals surface area contributed by atoms with E-state index in [9.17, 15) is 14.4 Å². The fourth-order valence-electron chi connectivity index (χ4n) is 6.01. The van der Waals surface area contributed by atoms with Gasteiger partial charge in [-0.05, 0) is 44.7 Å². The van der Waals surface area contributed by atoms with Gasteiger partial charge in [-0.3, -0.25) is 9.59 Å². The Bertz CT molecular complexity index is 992. The fraction of sp³-hybridized carbons (Fsp3) is 0.667. The number of carbonyl (C=O) groups excluding carboxylic acids is 3. The lowest BCUT2D eigenvalue weighted by atomic mass is 9.83. The zero-order valence-electron chi connectivity index (χ0n) is 22.9. The Labute approximate surface area is 224 Å². The molecule has 11 nitrogen and oxygen atoms in total. The van der Waals surface area contributed by atoms with E-state index in [1.807, 2.05) is 4.90 Å². The molecule has 4 rings (SSSR count). The number of urea groups is 1. The van der Waals surface area contributed by atoms with E-state index in [4.69, 9.17) is 18.9 Å². The van der Waals surface area contributed by atoms with Crippen LogP contribution in [0.15, 0.2) is 12.1 Å². The van der Waals surface area contributed by atoms with E-state index in [0.29, 0.717) is 48.9 Å². The minimum Gasteiger partial charge on any atom is -0.493 e. The Morgan fingerprint density at radius 2 is 1.71 bits per heavy atom. The van der Waals surface area contributed by atoms with Gasteiger partial charge in [0.1, 0.15) is 6.04 Å². The van der Waals surface area contributed by atoms with Crippen molar-refractivity contribution in [2.24, 2.45) is 5.92 Å². The predicted octanol–water partition coefficient (Wildman–Crippen LogP) is 2.27. The second-order valence-electron chi connectivity index (χ2n) is 10.1. The lowest BCUT2D eigenvalue weighted by molar-refractivity contribution is -0.135. The van der Waals surface area contributed by atoms with E-state index < -0.39 is 18.0 Å². The Morgan fingerprint density at radius 3 is 2.37 bits per heavy atom. The van der Waals surface area contributed by atoms with Gasteiger partial charge < -0.3 is 34.1 Å². The first-order valence-electron chi connectivity index (χ1n) is 13.4. The lowest BCUT2D eigenvalue weighted by Crippen LogP contribution is -2.52. The van der Waals surface area contributed by atoms with E-state index in [0.717, 1.165) is 37.3 Å². The molecule has 0 radical (unpaired) electrons. The molecule has 0 bridgehead atoms. The third-order valence-corrected chi connectivity index (χ3v) is 7.91. The van der Waals surface area contributed by atoms with Crippen molar-refractivity contribution in [3.8, 4) is 17.2 Å². The molecule has 0 aliphatic carbocycles. The number of nitrogens with one attached hydrogen (secondary N) is 1. The molecule has 3 fully saturated rings. The Morgan fingerprint density at radius 1 is 1.00 bits per heavy atom. The SMILES string of the molecule is COCCN(C[C@@H]1CCCN2CCCC[C@H]12)C(=O)C[C@H]1NC(=O)N(c2cc(OC)c(OC)c(OC)c2)C1=O. The van der Waals surface area contributed by atoms with Crippen LogP contribution < -0.4 is 24.4 Å². The molecule has 0 saturated carbocycles. The van der Waals surface area contributed by atoms with Crippen LogP contribution >= 0.6 is 0 Å². The first kappa shape index (κ1) is 28.0. The second-order valence-corrected chi connectivity index (χ2v) is 10.1. The predicted molar refractivity (Wildman–Crippen MR) is 141 cm³/mol. The average molecular weight is 533 g/mol. The van der Waals surface area contributed by atoms with Crippen LogP contribution in [0.2, 0.25) is 0 Å². The highest BCUT2D eigenvalue weighted by Gasteiger charge is 2.42. The number of fused-ring (bicyclic) bond motifs is 1. The molecule has 3 aliphatic heterocycles. The molecule has 210 valence electrons. The summed E-state index contributed by atoms with van der Waals surface area (Å²) >= 11 is 0. The highest BCUT2D eigenvalue weighted by Crippen LogP contribution is 2.41. The van der Waals surface area contributed by atoms with Crippen molar-refractivity contribution in [3.05, 3.63) is 12.1 Å². The molecule has 3 atom stereocenters. The largest absolute Gasteiger partial charge is 0.493 e. The minimum absolute atomic E-state index is 0.115. The van der Waals surface area contributed by atoms with Gasteiger partial charge in [0.05, 0.1) is 40.0 Å². The number of anilines is 1. The van der Waals surface area contributed by atoms with Gasteiger partial charge in [0.25, 0.3) is 5.91 Å². The van der Waals surface area contributed by atoms with E-state index >= 15 is 0 Å². The van der Waals surface area contributed by atoms with E-state index in [1.54, 1.807) is 7.11 Å². The van der Waals surface area contributed by atoms with Crippen molar-refractivity contribution < 1.29 is 33.3 Å². The summed E-state index contributed by atoms with van der Waals surface area (Å²) in [6.07, 6.45) is 5.74. The molecular weight excluding hydrogens is 492 g/mol. The summed E-state index contributed by atoms with van der Waals surface area (Å²) in [5.41, 5.74) is 0.271. The highest BCUT2D eigenvalue weighted by atomic mass is 16.5. The molecule has 3 saturated heterocycles. The molecule has 0 unspecified atom stereocenters. The van der Waals surface area contributed by atoms with Crippen LogP contribution in [0.3, 0.4) is 0 Å². The summed E-state index contributed by atoms with van der Waals surface area (Å²) in [7, 11) is 6.01. The van der Waals surface area contributed by atoms with Gasteiger partial charge in [-0.2, -0.15) is 0 Å². The van der Waals surface area contributed by atoms with E-state index in [1.165, 1.54) is 46.3 Å². The molecule has 3 heterocycles. The van der Waals surface area contributed by atoms with Crippen molar-refractivity contribution >= 4 is 23.5 Å². The molecule has 3 aliphatic rings. The van der Waals surface area contributed by atoms with Gasteiger partial charge >= 0.3 is 6.03 Å². The van der Waals surface area contributed by atoms with Crippen molar-refractivity contribution in [3.63, 3.8) is 0 Å². The number of imide groups is 1. The van der Waals surface area contributed by atoms with Gasteiger partial charge in [-0.25, -0.2) is 9.69 Å². The van der Waals surface area contributed by atoms with Gasteiger partial charge in [0, 0.05) is 38.4 Å². The van der Waals surface area contributed by atoms with Crippen molar-refractivity contribution in [2.45, 2.75) is 50.6 Å². The molecule has 38 heavy (non-hydrogen) atoms. The minimum atomic E-state index is -0.961. The van der Waals surface area contributed by atoms with E-state index in [2.05, 4.69) is 10.2 Å². The van der Waals surface area contributed by atoms with Crippen LogP contribution in [-0.2, 0) is 14.3 Å². The number of ether oxygens (including phenoxy) is 4. The summed E-state index contributed by atoms with van der Waals surface area (Å²) < 4.78 is 21.4. The number of hydrogen-bond acceptors (Lipinski definition) is 8. The van der Waals surface area contributed by atoms with Gasteiger partial charge in [-0.15, -0.1) is 0 Å². The number of carbonyl (C=O) groups is 3. The maximum Gasteiger partial charge on any atom is 0.329 e. The van der Waals surface area contributed by atoms with Crippen molar-refractivity contribution in [1.29, 1.82) is 0 Å². The second kappa shape index (κ2) is 12.7. The van der Waals surface area contributed by atoms with Gasteiger partial charge in [-0.1, -0.05) is 6.42 Å². The summed E-state index contributed by atoms with van der Waals surface area (Å²) in [6, 6.07) is 2.01. The molecule has 11 heteroatoms. The number of hydrogen-bond donors (Lipinski definition) is 1. The van der Waals surface area contributed by atoms with Crippen LogP contribution in [0.5, 0.6) is 17.2 Å². The van der Waals surface area contributed by atoms with E-state index in [-0.39, 0.29) is 18.0 Å². The van der Waals surface area contributed by atoms with Crippen LogP contribution in [0.1, 0.15) is 38.5 Å². The molecule has 1 aromatic carbocycles. The van der Waals surface area contributed by atoms with Crippen LogP contribution in [-0.4, -0.2) is 101 Å². The zero-order chi connectivity index (χ0) is 27.2. The first-order chi connectivity index (χ1) is 18.4. The average Bonchev–Trinajstić information content (AvgIpc) is 3.21. The number of rotatable bonds is 11. The topological polar surface area (TPSA) is 110 Å². The monoisotopic (exact) mass is 532 g/mol. The quantitative estimate of drug-likeness (QED) is 0.433. The maximum absolute atomic E-state index is 13.5. The van der Waals surface area contributed by atoms with Crippen LogP contribution in [0.4, 0.5) is 10.5 Å². The zero-order valence-corrected chi connectivity index (χ0v) is 22.9. The molecule has 0 aromatic heterocycles. The molecule has 4 amide bonds. The Hall–Kier alpha value is -3.05. The smallest absolute Gasteiger partial charge is 0.329 e. The van der Waals surface area contributed by atoms with Gasteiger partial charge in [0.15, 0.2) is 11.5 Å². The highest BCUT2D eigenvalue weighted by molar-refractivity contribution is 6.22. The number of nitrogens with zero attached hydrogens (tertiary/aromatic N) is 3. The summed E-state index contributed by atoms with van der Waals surface area (Å²) in [5, 5.41) is 2.68. The first-order valence-corrected chi connectivity index (χ1v) is 13.4. The van der Waals surface area contributed by atoms with Crippen LogP contribution in [0.25, 0.3) is 0 Å². The number of methoxy groups -OCH3 is 4. The van der Waals surface area contributed by atoms with Crippen molar-refractivity contribution in [2.75, 3.05) is 66.1 Å². The van der Waals surface area contributed by atoms with Crippen molar-refractivity contribution in [1.82, 2.24) is 15.1 Å². The number of amides is 4. The normalized spacial score (nSPS) is 23.6. The van der Waals surface area contributed by atoms with Crippen LogP contribution in [0, 0.1) is 5.92 Å².